The van der Waals surface area contributed by atoms with Crippen molar-refractivity contribution in [2.24, 2.45) is 0 Å². The summed E-state index contributed by atoms with van der Waals surface area (Å²) in [6, 6.07) is 12.6. The molecule has 94 valence electrons. The predicted octanol–water partition coefficient (Wildman–Crippen LogP) is 5.13. The number of rotatable bonds is 2. The largest absolute Gasteiger partial charge is 0.399 e. The van der Waals surface area contributed by atoms with Crippen LogP contribution in [0.4, 0.5) is 5.69 Å². The van der Waals surface area contributed by atoms with Gasteiger partial charge in [-0.05, 0) is 54.3 Å². The number of benzene rings is 2. The smallest absolute Gasteiger partial charge is 0.0647 e. The molecular formula is C15H15Br2N. The van der Waals surface area contributed by atoms with Gasteiger partial charge < -0.3 is 5.73 Å². The number of hydrogen-bond donors (Lipinski definition) is 1. The molecule has 0 bridgehead atoms. The molecular weight excluding hydrogens is 354 g/mol. The maximum Gasteiger partial charge on any atom is 0.0647 e. The molecule has 1 atom stereocenters. The van der Waals surface area contributed by atoms with Gasteiger partial charge in [0.1, 0.15) is 0 Å². The van der Waals surface area contributed by atoms with Gasteiger partial charge in [-0.3, -0.25) is 0 Å². The molecule has 2 aromatic carbocycles. The van der Waals surface area contributed by atoms with Crippen LogP contribution in [0, 0.1) is 13.8 Å². The molecule has 0 saturated heterocycles. The molecule has 0 fully saturated rings. The van der Waals surface area contributed by atoms with Gasteiger partial charge in [-0.2, -0.15) is 0 Å². The number of hydrogen-bond acceptors (Lipinski definition) is 1. The average molecular weight is 369 g/mol. The van der Waals surface area contributed by atoms with E-state index in [1.165, 1.54) is 16.7 Å². The first-order valence-corrected chi connectivity index (χ1v) is 7.46. The van der Waals surface area contributed by atoms with Gasteiger partial charge in [0.15, 0.2) is 0 Å². The Labute approximate surface area is 125 Å². The third kappa shape index (κ3) is 2.78. The summed E-state index contributed by atoms with van der Waals surface area (Å²) < 4.78 is 1.09. The summed E-state index contributed by atoms with van der Waals surface area (Å²) in [6.07, 6.45) is 0. The molecule has 0 aliphatic heterocycles. The van der Waals surface area contributed by atoms with Crippen LogP contribution in [0.15, 0.2) is 40.9 Å². The predicted molar refractivity (Wildman–Crippen MR) is 85.2 cm³/mol. The fourth-order valence-corrected chi connectivity index (χ4v) is 3.01. The highest BCUT2D eigenvalue weighted by molar-refractivity contribution is 9.10. The number of aryl methyl sites for hydroxylation is 2. The van der Waals surface area contributed by atoms with Crippen molar-refractivity contribution in [2.75, 3.05) is 5.73 Å². The van der Waals surface area contributed by atoms with Crippen molar-refractivity contribution in [3.63, 3.8) is 0 Å². The summed E-state index contributed by atoms with van der Waals surface area (Å²) in [7, 11) is 0. The van der Waals surface area contributed by atoms with Crippen molar-refractivity contribution >= 4 is 37.5 Å². The van der Waals surface area contributed by atoms with E-state index < -0.39 is 0 Å². The number of nitrogen functional groups attached to an aromatic ring is 1. The fourth-order valence-electron chi connectivity index (χ4n) is 1.95. The molecule has 0 radical (unpaired) electrons. The van der Waals surface area contributed by atoms with E-state index in [0.29, 0.717) is 0 Å². The van der Waals surface area contributed by atoms with Crippen LogP contribution in [-0.4, -0.2) is 0 Å². The summed E-state index contributed by atoms with van der Waals surface area (Å²) in [5.74, 6) is 0. The summed E-state index contributed by atoms with van der Waals surface area (Å²) in [5, 5.41) is 0. The van der Waals surface area contributed by atoms with Crippen LogP contribution in [0.1, 0.15) is 27.1 Å². The van der Waals surface area contributed by atoms with Crippen LogP contribution in [-0.2, 0) is 0 Å². The van der Waals surface area contributed by atoms with Crippen molar-refractivity contribution in [2.45, 2.75) is 18.7 Å². The number of alkyl halides is 1. The second-order valence-electron chi connectivity index (χ2n) is 4.48. The molecule has 1 nitrogen and oxygen atoms in total. The van der Waals surface area contributed by atoms with Crippen molar-refractivity contribution in [3.05, 3.63) is 63.1 Å². The summed E-state index contributed by atoms with van der Waals surface area (Å²) in [6.45, 7) is 4.14. The second kappa shape index (κ2) is 5.45. The second-order valence-corrected chi connectivity index (χ2v) is 6.31. The lowest BCUT2D eigenvalue weighted by Crippen LogP contribution is -1.99. The third-order valence-electron chi connectivity index (χ3n) is 3.09. The topological polar surface area (TPSA) is 26.0 Å². The van der Waals surface area contributed by atoms with Gasteiger partial charge in [0, 0.05) is 10.2 Å². The Kier molecular flexibility index (Phi) is 4.13. The highest BCUT2D eigenvalue weighted by atomic mass is 79.9. The normalized spacial score (nSPS) is 12.4. The van der Waals surface area contributed by atoms with E-state index in [1.54, 1.807) is 0 Å². The monoisotopic (exact) mass is 367 g/mol. The molecule has 0 spiro atoms. The first-order valence-electron chi connectivity index (χ1n) is 5.75. The van der Waals surface area contributed by atoms with Crippen molar-refractivity contribution in [1.82, 2.24) is 0 Å². The zero-order chi connectivity index (χ0) is 13.3. The van der Waals surface area contributed by atoms with Crippen molar-refractivity contribution in [3.8, 4) is 0 Å². The highest BCUT2D eigenvalue weighted by Crippen LogP contribution is 2.35. The summed E-state index contributed by atoms with van der Waals surface area (Å²) in [4.78, 5) is 0.199. The zero-order valence-corrected chi connectivity index (χ0v) is 13.5. The molecule has 0 saturated carbocycles. The molecule has 0 aliphatic rings. The van der Waals surface area contributed by atoms with Crippen molar-refractivity contribution < 1.29 is 0 Å². The van der Waals surface area contributed by atoms with Crippen LogP contribution in [0.3, 0.4) is 0 Å². The first-order chi connectivity index (χ1) is 8.49. The van der Waals surface area contributed by atoms with Gasteiger partial charge >= 0.3 is 0 Å². The molecule has 0 aromatic heterocycles. The van der Waals surface area contributed by atoms with E-state index in [0.717, 1.165) is 15.7 Å². The molecule has 0 aliphatic carbocycles. The van der Waals surface area contributed by atoms with E-state index in [1.807, 2.05) is 13.0 Å². The SMILES string of the molecule is Cc1cc(C(Br)c2ccc(Br)cc2)c(C)cc1N. The van der Waals surface area contributed by atoms with Crippen LogP contribution in [0.25, 0.3) is 0 Å². The van der Waals surface area contributed by atoms with Gasteiger partial charge in [-0.25, -0.2) is 0 Å². The molecule has 2 rings (SSSR count). The molecule has 2 aromatic rings. The van der Waals surface area contributed by atoms with Crippen LogP contribution in [0.5, 0.6) is 0 Å². The number of halogens is 2. The van der Waals surface area contributed by atoms with Gasteiger partial charge in [0.05, 0.1) is 4.83 Å². The molecule has 0 amide bonds. The lowest BCUT2D eigenvalue weighted by molar-refractivity contribution is 1.13. The minimum absolute atomic E-state index is 0.199. The maximum absolute atomic E-state index is 5.93. The van der Waals surface area contributed by atoms with Gasteiger partial charge in [0.25, 0.3) is 0 Å². The van der Waals surface area contributed by atoms with Gasteiger partial charge in [-0.1, -0.05) is 50.1 Å². The Morgan fingerprint density at radius 2 is 1.61 bits per heavy atom. The van der Waals surface area contributed by atoms with Gasteiger partial charge in [-0.15, -0.1) is 0 Å². The molecule has 0 heterocycles. The van der Waals surface area contributed by atoms with E-state index in [2.05, 4.69) is 69.1 Å². The third-order valence-corrected chi connectivity index (χ3v) is 4.64. The fraction of sp³-hybridized carbons (Fsp3) is 0.200. The number of anilines is 1. The number of nitrogens with two attached hydrogens (primary N) is 1. The standard InChI is InChI=1S/C15H15Br2N/c1-9-8-14(18)10(2)7-13(9)15(17)11-3-5-12(16)6-4-11/h3-8,15H,18H2,1-2H3. The lowest BCUT2D eigenvalue weighted by Gasteiger charge is -2.16. The molecule has 18 heavy (non-hydrogen) atoms. The Morgan fingerprint density at radius 1 is 1.00 bits per heavy atom. The Balaban J connectivity index is 2.42. The molecule has 3 heteroatoms. The van der Waals surface area contributed by atoms with E-state index >= 15 is 0 Å². The first kappa shape index (κ1) is 13.6. The highest BCUT2D eigenvalue weighted by Gasteiger charge is 2.13. The summed E-state index contributed by atoms with van der Waals surface area (Å²) >= 11 is 7.23. The molecule has 2 N–H and O–H groups in total. The van der Waals surface area contributed by atoms with Crippen LogP contribution in [0.2, 0.25) is 0 Å². The minimum Gasteiger partial charge on any atom is -0.399 e. The Bertz CT molecular complexity index is 561. The van der Waals surface area contributed by atoms with E-state index in [-0.39, 0.29) is 4.83 Å². The Morgan fingerprint density at radius 3 is 2.22 bits per heavy atom. The average Bonchev–Trinajstić information content (AvgIpc) is 2.34. The van der Waals surface area contributed by atoms with E-state index in [4.69, 9.17) is 5.73 Å². The maximum atomic E-state index is 5.93. The van der Waals surface area contributed by atoms with E-state index in [9.17, 15) is 0 Å². The molecule has 1 unspecified atom stereocenters. The van der Waals surface area contributed by atoms with Crippen LogP contribution < -0.4 is 5.73 Å². The van der Waals surface area contributed by atoms with Crippen molar-refractivity contribution in [1.29, 1.82) is 0 Å². The lowest BCUT2D eigenvalue weighted by atomic mass is 9.97. The Hall–Kier alpha value is -0.800. The van der Waals surface area contributed by atoms with Crippen LogP contribution >= 0.6 is 31.9 Å². The summed E-state index contributed by atoms with van der Waals surface area (Å²) in [5.41, 5.74) is 11.6. The quantitative estimate of drug-likeness (QED) is 0.576. The van der Waals surface area contributed by atoms with Gasteiger partial charge in [0.2, 0.25) is 0 Å². The minimum atomic E-state index is 0.199. The zero-order valence-electron chi connectivity index (χ0n) is 10.4.